The van der Waals surface area contributed by atoms with Gasteiger partial charge in [0.05, 0.1) is 12.2 Å². The molecule has 0 saturated heterocycles. The van der Waals surface area contributed by atoms with Crippen LogP contribution < -0.4 is 16.6 Å². The summed E-state index contributed by atoms with van der Waals surface area (Å²) in [6.07, 6.45) is -0.0709. The molecule has 0 saturated carbocycles. The van der Waals surface area contributed by atoms with Gasteiger partial charge in [-0.3, -0.25) is 14.4 Å². The number of nitrogens with two attached hydrogens (primary N) is 1. The number of aliphatic carboxylic acids is 1. The highest BCUT2D eigenvalue weighted by Gasteiger charge is 2.07. The fourth-order valence-electron chi connectivity index (χ4n) is 1.73. The maximum absolute atomic E-state index is 11.8. The number of aromatic amines is 1. The minimum Gasteiger partial charge on any atom is -0.481 e. The van der Waals surface area contributed by atoms with Crippen molar-refractivity contribution < 1.29 is 14.7 Å². The lowest BCUT2D eigenvalue weighted by atomic mass is 10.1. The molecule has 23 heavy (non-hydrogen) atoms. The number of amides is 1. The van der Waals surface area contributed by atoms with E-state index >= 15 is 0 Å². The van der Waals surface area contributed by atoms with E-state index in [9.17, 15) is 14.4 Å². The van der Waals surface area contributed by atoms with Crippen molar-refractivity contribution in [2.75, 3.05) is 16.8 Å². The molecule has 120 valence electrons. The molecule has 1 heterocycles. The van der Waals surface area contributed by atoms with E-state index in [1.54, 1.807) is 24.3 Å². The summed E-state index contributed by atoms with van der Waals surface area (Å²) in [5.41, 5.74) is 6.27. The molecular weight excluding hydrogens is 320 g/mol. The minimum absolute atomic E-state index is 0.0449. The summed E-state index contributed by atoms with van der Waals surface area (Å²) in [5.74, 6) is -1.07. The van der Waals surface area contributed by atoms with Gasteiger partial charge in [0.2, 0.25) is 5.91 Å². The standard InChI is InChI=1S/C14H14N4O4S/c15-10-6-11(19)18-14(17-10)23-7-12(20)16-9-3-1-8(2-4-9)5-13(21)22/h1-4,6H,5,7H2,(H,16,20)(H,21,22)(H3,15,17,18,19). The number of carbonyl (C=O) groups excluding carboxylic acids is 1. The third-order valence-electron chi connectivity index (χ3n) is 2.67. The van der Waals surface area contributed by atoms with Crippen LogP contribution in [-0.2, 0) is 16.0 Å². The lowest BCUT2D eigenvalue weighted by Gasteiger charge is -2.06. The second-order valence-electron chi connectivity index (χ2n) is 4.58. The van der Waals surface area contributed by atoms with Crippen molar-refractivity contribution in [1.29, 1.82) is 0 Å². The Morgan fingerprint density at radius 2 is 2.00 bits per heavy atom. The Labute approximate surface area is 135 Å². The Balaban J connectivity index is 1.89. The highest BCUT2D eigenvalue weighted by Crippen LogP contribution is 2.14. The van der Waals surface area contributed by atoms with Crippen molar-refractivity contribution in [3.05, 3.63) is 46.2 Å². The molecule has 1 amide bonds. The molecule has 0 atom stereocenters. The lowest BCUT2D eigenvalue weighted by molar-refractivity contribution is -0.136. The number of hydrogen-bond donors (Lipinski definition) is 4. The molecule has 0 aliphatic heterocycles. The summed E-state index contributed by atoms with van der Waals surface area (Å²) < 4.78 is 0. The second kappa shape index (κ2) is 7.45. The normalized spacial score (nSPS) is 10.3. The first-order valence-corrected chi connectivity index (χ1v) is 7.51. The Morgan fingerprint density at radius 3 is 2.61 bits per heavy atom. The van der Waals surface area contributed by atoms with Crippen LogP contribution in [0.1, 0.15) is 5.56 Å². The first kappa shape index (κ1) is 16.6. The zero-order valence-electron chi connectivity index (χ0n) is 11.9. The van der Waals surface area contributed by atoms with Gasteiger partial charge in [-0.25, -0.2) is 4.98 Å². The van der Waals surface area contributed by atoms with Crippen molar-refractivity contribution >= 4 is 35.1 Å². The number of carbonyl (C=O) groups is 2. The molecule has 1 aromatic carbocycles. The van der Waals surface area contributed by atoms with Crippen molar-refractivity contribution in [2.45, 2.75) is 11.6 Å². The summed E-state index contributed by atoms with van der Waals surface area (Å²) in [7, 11) is 0. The maximum Gasteiger partial charge on any atom is 0.307 e. The van der Waals surface area contributed by atoms with Crippen LogP contribution in [0.3, 0.4) is 0 Å². The van der Waals surface area contributed by atoms with Crippen molar-refractivity contribution in [3.8, 4) is 0 Å². The molecule has 0 aliphatic carbocycles. The number of anilines is 2. The van der Waals surface area contributed by atoms with Gasteiger partial charge in [-0.2, -0.15) is 0 Å². The molecule has 9 heteroatoms. The fraction of sp³-hybridized carbons (Fsp3) is 0.143. The number of H-pyrrole nitrogens is 1. The van der Waals surface area contributed by atoms with Crippen LogP contribution in [0.15, 0.2) is 40.3 Å². The Kier molecular flexibility index (Phi) is 5.36. The maximum atomic E-state index is 11.8. The number of nitrogens with zero attached hydrogens (tertiary/aromatic N) is 1. The molecule has 1 aromatic heterocycles. The van der Waals surface area contributed by atoms with Crippen LogP contribution >= 0.6 is 11.8 Å². The lowest BCUT2D eigenvalue weighted by Crippen LogP contribution is -2.15. The van der Waals surface area contributed by atoms with Gasteiger partial charge in [0.1, 0.15) is 5.82 Å². The van der Waals surface area contributed by atoms with Crippen LogP contribution in [0.25, 0.3) is 0 Å². The van der Waals surface area contributed by atoms with E-state index < -0.39 is 5.97 Å². The molecule has 2 rings (SSSR count). The number of nitrogens with one attached hydrogen (secondary N) is 2. The smallest absolute Gasteiger partial charge is 0.307 e. The summed E-state index contributed by atoms with van der Waals surface area (Å²) in [6.45, 7) is 0. The molecule has 0 unspecified atom stereocenters. The summed E-state index contributed by atoms with van der Waals surface area (Å²) in [6, 6.07) is 7.67. The first-order valence-electron chi connectivity index (χ1n) is 6.52. The van der Waals surface area contributed by atoms with E-state index in [1.165, 1.54) is 0 Å². The average Bonchev–Trinajstić information content (AvgIpc) is 2.46. The Bertz CT molecular complexity index is 773. The van der Waals surface area contributed by atoms with Crippen LogP contribution in [0.4, 0.5) is 11.5 Å². The third kappa shape index (κ3) is 5.47. The highest BCUT2D eigenvalue weighted by atomic mass is 32.2. The van der Waals surface area contributed by atoms with Gasteiger partial charge in [0.15, 0.2) is 5.16 Å². The van der Waals surface area contributed by atoms with Crippen LogP contribution in [0.2, 0.25) is 0 Å². The average molecular weight is 334 g/mol. The first-order chi connectivity index (χ1) is 10.9. The summed E-state index contributed by atoms with van der Waals surface area (Å²) in [5, 5.41) is 11.6. The largest absolute Gasteiger partial charge is 0.481 e. The van der Waals surface area contributed by atoms with E-state index in [2.05, 4.69) is 15.3 Å². The summed E-state index contributed by atoms with van der Waals surface area (Å²) >= 11 is 1.05. The predicted octanol–water partition coefficient (Wildman–Crippen LogP) is 0.710. The summed E-state index contributed by atoms with van der Waals surface area (Å²) in [4.78, 5) is 40.0. The van der Waals surface area contributed by atoms with Gasteiger partial charge in [-0.1, -0.05) is 23.9 Å². The predicted molar refractivity (Wildman–Crippen MR) is 86.4 cm³/mol. The Hall–Kier alpha value is -2.81. The van der Waals surface area contributed by atoms with Crippen molar-refractivity contribution in [2.24, 2.45) is 0 Å². The van der Waals surface area contributed by atoms with Gasteiger partial charge in [0, 0.05) is 11.8 Å². The second-order valence-corrected chi connectivity index (χ2v) is 5.54. The van der Waals surface area contributed by atoms with Crippen molar-refractivity contribution in [1.82, 2.24) is 9.97 Å². The van der Waals surface area contributed by atoms with Gasteiger partial charge in [-0.15, -0.1) is 0 Å². The number of rotatable bonds is 6. The van der Waals surface area contributed by atoms with Crippen LogP contribution in [0.5, 0.6) is 0 Å². The number of aromatic nitrogens is 2. The molecule has 2 aromatic rings. The number of nitrogen functional groups attached to an aromatic ring is 1. The van der Waals surface area contributed by atoms with Crippen LogP contribution in [0, 0.1) is 0 Å². The van der Waals surface area contributed by atoms with E-state index in [0.717, 1.165) is 17.8 Å². The molecule has 8 nitrogen and oxygen atoms in total. The third-order valence-corrected chi connectivity index (χ3v) is 3.55. The van der Waals surface area contributed by atoms with Gasteiger partial charge >= 0.3 is 5.97 Å². The number of benzene rings is 1. The van der Waals surface area contributed by atoms with E-state index in [-0.39, 0.29) is 34.6 Å². The molecular formula is C14H14N4O4S. The molecule has 0 aliphatic rings. The number of hydrogen-bond acceptors (Lipinski definition) is 6. The molecule has 0 spiro atoms. The fourth-order valence-corrected chi connectivity index (χ4v) is 2.42. The van der Waals surface area contributed by atoms with Crippen molar-refractivity contribution in [3.63, 3.8) is 0 Å². The van der Waals surface area contributed by atoms with E-state index in [0.29, 0.717) is 11.3 Å². The minimum atomic E-state index is -0.915. The van der Waals surface area contributed by atoms with Gasteiger partial charge < -0.3 is 21.1 Å². The topological polar surface area (TPSA) is 138 Å². The monoisotopic (exact) mass is 334 g/mol. The number of thioether (sulfide) groups is 1. The SMILES string of the molecule is Nc1cc(=O)[nH]c(SCC(=O)Nc2ccc(CC(=O)O)cc2)n1. The zero-order chi connectivity index (χ0) is 16.8. The van der Waals surface area contributed by atoms with Gasteiger partial charge in [-0.05, 0) is 17.7 Å². The molecule has 0 bridgehead atoms. The molecule has 0 radical (unpaired) electrons. The highest BCUT2D eigenvalue weighted by molar-refractivity contribution is 7.99. The molecule has 0 fully saturated rings. The number of carboxylic acids is 1. The Morgan fingerprint density at radius 1 is 1.30 bits per heavy atom. The quantitative estimate of drug-likeness (QED) is 0.451. The van der Waals surface area contributed by atoms with Crippen LogP contribution in [-0.4, -0.2) is 32.7 Å². The van der Waals surface area contributed by atoms with E-state index in [4.69, 9.17) is 10.8 Å². The van der Waals surface area contributed by atoms with E-state index in [1.807, 2.05) is 0 Å². The zero-order valence-corrected chi connectivity index (χ0v) is 12.7. The molecule has 5 N–H and O–H groups in total. The number of carboxylic acid groups (broad SMARTS) is 1. The van der Waals surface area contributed by atoms with Gasteiger partial charge in [0.25, 0.3) is 5.56 Å².